The van der Waals surface area contributed by atoms with Crippen LogP contribution in [0.3, 0.4) is 0 Å². The van der Waals surface area contributed by atoms with Crippen molar-refractivity contribution in [2.24, 2.45) is 0 Å². The van der Waals surface area contributed by atoms with Crippen LogP contribution in [-0.4, -0.2) is 40.2 Å². The normalized spacial score (nSPS) is 16.2. The molecule has 0 amide bonds. The van der Waals surface area contributed by atoms with E-state index < -0.39 is 5.97 Å². The lowest BCUT2D eigenvalue weighted by atomic mass is 10.1. The molecule has 0 bridgehead atoms. The lowest BCUT2D eigenvalue weighted by Crippen LogP contribution is -2.35. The summed E-state index contributed by atoms with van der Waals surface area (Å²) in [6.45, 7) is 1.93. The van der Waals surface area contributed by atoms with Gasteiger partial charge in [0.1, 0.15) is 5.82 Å². The lowest BCUT2D eigenvalue weighted by molar-refractivity contribution is 0.0684. The Balaban J connectivity index is 2.00. The maximum absolute atomic E-state index is 11.1. The Morgan fingerprint density at radius 1 is 1.25 bits per heavy atom. The molecule has 6 heteroatoms. The number of aromatic carboxylic acids is 1. The van der Waals surface area contributed by atoms with Crippen molar-refractivity contribution in [1.29, 1.82) is 0 Å². The van der Waals surface area contributed by atoms with Crippen LogP contribution < -0.4 is 10.6 Å². The summed E-state index contributed by atoms with van der Waals surface area (Å²) in [6.07, 6.45) is 2.00. The molecule has 1 fully saturated rings. The third-order valence-corrected chi connectivity index (χ3v) is 3.47. The van der Waals surface area contributed by atoms with Crippen LogP contribution in [0.1, 0.15) is 23.5 Å². The number of hydrogen-bond donors (Lipinski definition) is 3. The van der Waals surface area contributed by atoms with Crippen LogP contribution in [0.4, 0.5) is 5.82 Å². The third kappa shape index (κ3) is 2.55. The van der Waals surface area contributed by atoms with Crippen LogP contribution in [0.2, 0.25) is 0 Å². The standard InChI is InChI=1S/C14H16N4O2/c19-14(20)13-17-11-4-2-1-3-10(11)12(18-13)16-9-5-7-15-8-6-9/h1-4,9,15H,5-8H2,(H,19,20)(H,16,17,18). The second kappa shape index (κ2) is 5.42. The number of rotatable bonds is 3. The van der Waals surface area contributed by atoms with Gasteiger partial charge in [-0.3, -0.25) is 0 Å². The van der Waals surface area contributed by atoms with E-state index in [4.69, 9.17) is 5.11 Å². The van der Waals surface area contributed by atoms with Crippen LogP contribution in [0, 0.1) is 0 Å². The summed E-state index contributed by atoms with van der Waals surface area (Å²) in [7, 11) is 0. The highest BCUT2D eigenvalue weighted by molar-refractivity contribution is 5.93. The largest absolute Gasteiger partial charge is 0.475 e. The lowest BCUT2D eigenvalue weighted by Gasteiger charge is -2.24. The highest BCUT2D eigenvalue weighted by Crippen LogP contribution is 2.22. The van der Waals surface area contributed by atoms with Gasteiger partial charge < -0.3 is 15.7 Å². The van der Waals surface area contributed by atoms with Gasteiger partial charge in [0.05, 0.1) is 5.52 Å². The van der Waals surface area contributed by atoms with Gasteiger partial charge in [0.2, 0.25) is 5.82 Å². The Labute approximate surface area is 116 Å². The number of para-hydroxylation sites is 1. The first-order valence-corrected chi connectivity index (χ1v) is 6.71. The Hall–Kier alpha value is -2.21. The molecule has 1 saturated heterocycles. The second-order valence-corrected chi connectivity index (χ2v) is 4.89. The molecule has 104 valence electrons. The van der Waals surface area contributed by atoms with Gasteiger partial charge in [-0.25, -0.2) is 14.8 Å². The minimum absolute atomic E-state index is 0.167. The van der Waals surface area contributed by atoms with E-state index >= 15 is 0 Å². The minimum Gasteiger partial charge on any atom is -0.475 e. The van der Waals surface area contributed by atoms with Gasteiger partial charge in [0, 0.05) is 11.4 Å². The fourth-order valence-corrected chi connectivity index (χ4v) is 2.44. The van der Waals surface area contributed by atoms with Crippen molar-refractivity contribution in [3.8, 4) is 0 Å². The van der Waals surface area contributed by atoms with Crippen molar-refractivity contribution in [1.82, 2.24) is 15.3 Å². The van der Waals surface area contributed by atoms with Crippen molar-refractivity contribution in [2.45, 2.75) is 18.9 Å². The molecule has 3 rings (SSSR count). The fraction of sp³-hybridized carbons (Fsp3) is 0.357. The molecule has 0 spiro atoms. The smallest absolute Gasteiger partial charge is 0.374 e. The molecule has 1 aromatic heterocycles. The molecule has 0 saturated carbocycles. The molecule has 1 aromatic carbocycles. The van der Waals surface area contributed by atoms with Gasteiger partial charge in [-0.2, -0.15) is 0 Å². The molecule has 0 aliphatic carbocycles. The second-order valence-electron chi connectivity index (χ2n) is 4.89. The first-order chi connectivity index (χ1) is 9.74. The van der Waals surface area contributed by atoms with Crippen LogP contribution in [0.25, 0.3) is 10.9 Å². The highest BCUT2D eigenvalue weighted by atomic mass is 16.4. The number of carboxylic acids is 1. The zero-order valence-corrected chi connectivity index (χ0v) is 11.0. The number of benzene rings is 1. The number of piperidine rings is 1. The summed E-state index contributed by atoms with van der Waals surface area (Å²) in [5.41, 5.74) is 0.649. The number of anilines is 1. The molecule has 1 aliphatic heterocycles. The van der Waals surface area contributed by atoms with E-state index in [0.717, 1.165) is 31.3 Å². The van der Waals surface area contributed by atoms with Crippen molar-refractivity contribution in [2.75, 3.05) is 18.4 Å². The van der Waals surface area contributed by atoms with E-state index in [0.29, 0.717) is 17.4 Å². The summed E-state index contributed by atoms with van der Waals surface area (Å²) < 4.78 is 0. The van der Waals surface area contributed by atoms with Gasteiger partial charge in [0.25, 0.3) is 0 Å². The molecule has 0 atom stereocenters. The number of hydrogen-bond acceptors (Lipinski definition) is 5. The topological polar surface area (TPSA) is 87.1 Å². The maximum Gasteiger partial charge on any atom is 0.374 e. The van der Waals surface area contributed by atoms with Gasteiger partial charge in [-0.1, -0.05) is 12.1 Å². The van der Waals surface area contributed by atoms with E-state index in [9.17, 15) is 4.79 Å². The molecule has 2 aromatic rings. The van der Waals surface area contributed by atoms with Gasteiger partial charge in [0.15, 0.2) is 0 Å². The number of fused-ring (bicyclic) bond motifs is 1. The molecule has 1 aliphatic rings. The van der Waals surface area contributed by atoms with E-state index in [1.807, 2.05) is 18.2 Å². The number of carbonyl (C=O) groups is 1. The highest BCUT2D eigenvalue weighted by Gasteiger charge is 2.17. The van der Waals surface area contributed by atoms with Gasteiger partial charge in [-0.05, 0) is 38.1 Å². The molecular weight excluding hydrogens is 256 g/mol. The molecule has 2 heterocycles. The fourth-order valence-electron chi connectivity index (χ4n) is 2.44. The molecule has 0 radical (unpaired) electrons. The summed E-state index contributed by atoms with van der Waals surface area (Å²) in [5, 5.41) is 16.6. The Kier molecular flexibility index (Phi) is 3.47. The predicted molar refractivity (Wildman–Crippen MR) is 76.0 cm³/mol. The van der Waals surface area contributed by atoms with Crippen molar-refractivity contribution < 1.29 is 9.90 Å². The zero-order chi connectivity index (χ0) is 13.9. The number of aromatic nitrogens is 2. The van der Waals surface area contributed by atoms with E-state index in [1.165, 1.54) is 0 Å². The Morgan fingerprint density at radius 3 is 2.75 bits per heavy atom. The summed E-state index contributed by atoms with van der Waals surface area (Å²) in [4.78, 5) is 19.3. The summed E-state index contributed by atoms with van der Waals surface area (Å²) >= 11 is 0. The SMILES string of the molecule is O=C(O)c1nc(NC2CCNCC2)c2ccccc2n1. The van der Waals surface area contributed by atoms with Crippen LogP contribution in [0.15, 0.2) is 24.3 Å². The van der Waals surface area contributed by atoms with Crippen molar-refractivity contribution >= 4 is 22.7 Å². The number of nitrogens with one attached hydrogen (secondary N) is 2. The monoisotopic (exact) mass is 272 g/mol. The zero-order valence-electron chi connectivity index (χ0n) is 11.0. The molecule has 3 N–H and O–H groups in total. The van der Waals surface area contributed by atoms with Crippen LogP contribution >= 0.6 is 0 Å². The van der Waals surface area contributed by atoms with Crippen LogP contribution in [-0.2, 0) is 0 Å². The Morgan fingerprint density at radius 2 is 2.00 bits per heavy atom. The quantitative estimate of drug-likeness (QED) is 0.784. The first kappa shape index (κ1) is 12.8. The third-order valence-electron chi connectivity index (χ3n) is 3.47. The molecule has 20 heavy (non-hydrogen) atoms. The van der Waals surface area contributed by atoms with E-state index in [2.05, 4.69) is 20.6 Å². The molecular formula is C14H16N4O2. The maximum atomic E-state index is 11.1. The minimum atomic E-state index is -1.11. The van der Waals surface area contributed by atoms with Crippen LogP contribution in [0.5, 0.6) is 0 Å². The number of carboxylic acid groups (broad SMARTS) is 1. The predicted octanol–water partition coefficient (Wildman–Crippen LogP) is 1.49. The average molecular weight is 272 g/mol. The molecule has 6 nitrogen and oxygen atoms in total. The van der Waals surface area contributed by atoms with Crippen molar-refractivity contribution in [3.05, 3.63) is 30.1 Å². The van der Waals surface area contributed by atoms with E-state index in [1.54, 1.807) is 6.07 Å². The Bertz CT molecular complexity index is 638. The van der Waals surface area contributed by atoms with Gasteiger partial charge >= 0.3 is 5.97 Å². The molecule has 0 unspecified atom stereocenters. The van der Waals surface area contributed by atoms with E-state index in [-0.39, 0.29) is 5.82 Å². The van der Waals surface area contributed by atoms with Gasteiger partial charge in [-0.15, -0.1) is 0 Å². The van der Waals surface area contributed by atoms with Crippen molar-refractivity contribution in [3.63, 3.8) is 0 Å². The summed E-state index contributed by atoms with van der Waals surface area (Å²) in [6, 6.07) is 7.77. The summed E-state index contributed by atoms with van der Waals surface area (Å²) in [5.74, 6) is -0.663. The average Bonchev–Trinajstić information content (AvgIpc) is 2.48. The first-order valence-electron chi connectivity index (χ1n) is 6.71. The number of nitrogens with zero attached hydrogens (tertiary/aromatic N) is 2.